The Kier molecular flexibility index (Phi) is 4.32. The fourth-order valence-corrected chi connectivity index (χ4v) is 4.70. The minimum atomic E-state index is -0.369. The zero-order valence-electron chi connectivity index (χ0n) is 10.8. The number of halogens is 1. The summed E-state index contributed by atoms with van der Waals surface area (Å²) in [5.74, 6) is -0.114. The van der Waals surface area contributed by atoms with Crippen molar-refractivity contribution in [3.05, 3.63) is 26.4 Å². The van der Waals surface area contributed by atoms with Crippen LogP contribution in [0.3, 0.4) is 0 Å². The molecule has 0 amide bonds. The first-order valence-corrected chi connectivity index (χ1v) is 8.14. The minimum Gasteiger partial charge on any atom is -0.465 e. The molecule has 0 unspecified atom stereocenters. The molecule has 2 aromatic rings. The van der Waals surface area contributed by atoms with Crippen LogP contribution in [0, 0.1) is 0 Å². The Morgan fingerprint density at radius 3 is 2.53 bits per heavy atom. The molecule has 0 aliphatic heterocycles. The van der Waals surface area contributed by atoms with E-state index < -0.39 is 0 Å². The third kappa shape index (κ3) is 2.70. The van der Waals surface area contributed by atoms with Crippen LogP contribution in [-0.2, 0) is 4.74 Å². The molecule has 3 nitrogen and oxygen atoms in total. The maximum atomic E-state index is 11.8. The highest BCUT2D eigenvalue weighted by Gasteiger charge is 2.24. The van der Waals surface area contributed by atoms with Gasteiger partial charge in [-0.05, 0) is 39.5 Å². The Morgan fingerprint density at radius 1 is 1.37 bits per heavy atom. The van der Waals surface area contributed by atoms with Gasteiger partial charge in [-0.15, -0.1) is 22.7 Å². The number of carbonyl (C=O) groups is 1. The molecule has 0 bridgehead atoms. The van der Waals surface area contributed by atoms with Crippen molar-refractivity contribution < 1.29 is 9.53 Å². The molecule has 0 aromatic carbocycles. The molecule has 0 saturated heterocycles. The third-order valence-corrected chi connectivity index (χ3v) is 5.73. The molecule has 2 heterocycles. The van der Waals surface area contributed by atoms with Gasteiger partial charge in [0.15, 0.2) is 0 Å². The molecule has 0 saturated carbocycles. The fourth-order valence-electron chi connectivity index (χ4n) is 1.89. The number of hydrogen-bond acceptors (Lipinski definition) is 5. The molecule has 0 atom stereocenters. The molecule has 102 valence electrons. The summed E-state index contributed by atoms with van der Waals surface area (Å²) in [5.41, 5.74) is 7.70. The SMILES string of the molecule is COC(=O)c1sc(-c2ccc(Br)s2)c(C(C)C)c1N. The first-order valence-electron chi connectivity index (χ1n) is 5.71. The predicted molar refractivity (Wildman–Crippen MR) is 85.2 cm³/mol. The molecule has 2 N–H and O–H groups in total. The Morgan fingerprint density at radius 2 is 2.05 bits per heavy atom. The van der Waals surface area contributed by atoms with Crippen molar-refractivity contribution in [1.82, 2.24) is 0 Å². The van der Waals surface area contributed by atoms with E-state index >= 15 is 0 Å². The number of rotatable bonds is 3. The van der Waals surface area contributed by atoms with Crippen molar-refractivity contribution in [3.8, 4) is 9.75 Å². The monoisotopic (exact) mass is 359 g/mol. The first-order chi connectivity index (χ1) is 8.95. The quantitative estimate of drug-likeness (QED) is 0.805. The smallest absolute Gasteiger partial charge is 0.350 e. The van der Waals surface area contributed by atoms with Crippen molar-refractivity contribution in [3.63, 3.8) is 0 Å². The number of carbonyl (C=O) groups excluding carboxylic acids is 1. The average molecular weight is 360 g/mol. The van der Waals surface area contributed by atoms with Gasteiger partial charge in [0.25, 0.3) is 0 Å². The summed E-state index contributed by atoms with van der Waals surface area (Å²) in [6, 6.07) is 4.03. The van der Waals surface area contributed by atoms with Crippen LogP contribution >= 0.6 is 38.6 Å². The molecule has 2 rings (SSSR count). The van der Waals surface area contributed by atoms with Crippen LogP contribution in [0.4, 0.5) is 5.69 Å². The zero-order chi connectivity index (χ0) is 14.2. The average Bonchev–Trinajstić information content (AvgIpc) is 2.92. The normalized spacial score (nSPS) is 11.0. The lowest BCUT2D eigenvalue weighted by Crippen LogP contribution is -2.03. The number of thiophene rings is 2. The third-order valence-electron chi connectivity index (χ3n) is 2.73. The van der Waals surface area contributed by atoms with Gasteiger partial charge in [-0.2, -0.15) is 0 Å². The lowest BCUT2D eigenvalue weighted by Gasteiger charge is -2.07. The van der Waals surface area contributed by atoms with E-state index in [9.17, 15) is 4.79 Å². The highest BCUT2D eigenvalue weighted by molar-refractivity contribution is 9.11. The summed E-state index contributed by atoms with van der Waals surface area (Å²) >= 11 is 6.50. The van der Waals surface area contributed by atoms with E-state index in [2.05, 4.69) is 29.8 Å². The number of ether oxygens (including phenoxy) is 1. The molecule has 0 aliphatic carbocycles. The van der Waals surface area contributed by atoms with Gasteiger partial charge in [-0.1, -0.05) is 13.8 Å². The summed E-state index contributed by atoms with van der Waals surface area (Å²) < 4.78 is 5.85. The van der Waals surface area contributed by atoms with E-state index in [1.165, 1.54) is 18.4 Å². The Labute approximate surface area is 128 Å². The second-order valence-corrected chi connectivity index (χ2v) is 7.82. The van der Waals surface area contributed by atoms with Gasteiger partial charge in [0.1, 0.15) is 4.88 Å². The van der Waals surface area contributed by atoms with Gasteiger partial charge in [0.2, 0.25) is 0 Å². The Balaban J connectivity index is 2.63. The maximum absolute atomic E-state index is 11.8. The summed E-state index contributed by atoms with van der Waals surface area (Å²) in [6.45, 7) is 4.15. The summed E-state index contributed by atoms with van der Waals surface area (Å²) in [7, 11) is 1.37. The zero-order valence-corrected chi connectivity index (χ0v) is 14.0. The Hall–Kier alpha value is -0.850. The lowest BCUT2D eigenvalue weighted by molar-refractivity contribution is 0.0607. The number of nitrogens with two attached hydrogens (primary N) is 1. The lowest BCUT2D eigenvalue weighted by atomic mass is 10.0. The van der Waals surface area contributed by atoms with Gasteiger partial charge in [-0.25, -0.2) is 4.79 Å². The van der Waals surface area contributed by atoms with E-state index in [0.717, 1.165) is 19.1 Å². The molecule has 6 heteroatoms. The van der Waals surface area contributed by atoms with Crippen molar-refractivity contribution in [1.29, 1.82) is 0 Å². The second-order valence-electron chi connectivity index (χ2n) is 4.34. The van der Waals surface area contributed by atoms with Crippen LogP contribution < -0.4 is 5.73 Å². The summed E-state index contributed by atoms with van der Waals surface area (Å²) in [4.78, 5) is 14.4. The molecule has 2 aromatic heterocycles. The van der Waals surface area contributed by atoms with Crippen LogP contribution in [-0.4, -0.2) is 13.1 Å². The summed E-state index contributed by atoms with van der Waals surface area (Å²) in [6.07, 6.45) is 0. The van der Waals surface area contributed by atoms with Crippen molar-refractivity contribution >= 4 is 50.3 Å². The number of esters is 1. The molecular weight excluding hydrogens is 346 g/mol. The second kappa shape index (κ2) is 5.64. The van der Waals surface area contributed by atoms with Crippen LogP contribution in [0.1, 0.15) is 35.0 Å². The number of hydrogen-bond donors (Lipinski definition) is 1. The fraction of sp³-hybridized carbons (Fsp3) is 0.308. The van der Waals surface area contributed by atoms with E-state index in [0.29, 0.717) is 10.6 Å². The van der Waals surface area contributed by atoms with E-state index in [-0.39, 0.29) is 11.9 Å². The minimum absolute atomic E-state index is 0.255. The van der Waals surface area contributed by atoms with Crippen LogP contribution in [0.15, 0.2) is 15.9 Å². The van der Waals surface area contributed by atoms with Crippen molar-refractivity contribution in [2.45, 2.75) is 19.8 Å². The van der Waals surface area contributed by atoms with Gasteiger partial charge in [0.05, 0.1) is 21.5 Å². The van der Waals surface area contributed by atoms with Gasteiger partial charge in [-0.3, -0.25) is 0 Å². The summed E-state index contributed by atoms with van der Waals surface area (Å²) in [5, 5.41) is 0. The largest absolute Gasteiger partial charge is 0.465 e. The van der Waals surface area contributed by atoms with Crippen molar-refractivity contribution in [2.75, 3.05) is 12.8 Å². The number of nitrogen functional groups attached to an aromatic ring is 1. The molecule has 0 aliphatic rings. The van der Waals surface area contributed by atoms with E-state index in [1.807, 2.05) is 12.1 Å². The van der Waals surface area contributed by atoms with Gasteiger partial charge in [0, 0.05) is 4.88 Å². The first kappa shape index (κ1) is 14.6. The van der Waals surface area contributed by atoms with E-state index in [1.54, 1.807) is 11.3 Å². The van der Waals surface area contributed by atoms with Gasteiger partial charge < -0.3 is 10.5 Å². The predicted octanol–water partition coefficient (Wildman–Crippen LogP) is 4.73. The van der Waals surface area contributed by atoms with Crippen LogP contribution in [0.25, 0.3) is 9.75 Å². The van der Waals surface area contributed by atoms with Crippen LogP contribution in [0.2, 0.25) is 0 Å². The maximum Gasteiger partial charge on any atom is 0.350 e. The number of methoxy groups -OCH3 is 1. The topological polar surface area (TPSA) is 52.3 Å². The number of anilines is 1. The highest BCUT2D eigenvalue weighted by Crippen LogP contribution is 2.45. The van der Waals surface area contributed by atoms with Crippen molar-refractivity contribution in [2.24, 2.45) is 0 Å². The molecule has 0 fully saturated rings. The molecule has 19 heavy (non-hydrogen) atoms. The van der Waals surface area contributed by atoms with Gasteiger partial charge >= 0.3 is 5.97 Å². The Bertz CT molecular complexity index is 616. The highest BCUT2D eigenvalue weighted by atomic mass is 79.9. The molecular formula is C13H14BrNO2S2. The van der Waals surface area contributed by atoms with Crippen LogP contribution in [0.5, 0.6) is 0 Å². The van der Waals surface area contributed by atoms with E-state index in [4.69, 9.17) is 10.5 Å². The molecule has 0 radical (unpaired) electrons. The standard InChI is InChI=1S/C13H14BrNO2S2/c1-6(2)9-10(15)12(13(16)17-3)19-11(9)7-4-5-8(14)18-7/h4-6H,15H2,1-3H3. The molecule has 0 spiro atoms.